The maximum atomic E-state index is 7.00. The average molecular weight is 724 g/mol. The second kappa shape index (κ2) is 18.4. The standard InChI is InChI=1S/C42H51N2OS.2C2H6.CH4O/c1-28-14-22-36-34(26-28)41(3,4)38(44(36)9)24-16-30-12-11-13-31(40(30)46-33-20-18-32(19-21-33)43(7)8)17-25-39-42(5,6)35-27-29(2)15-23-37(35)45(39)10;3*1-2/h14-27,39H,11-13H2,1-10H3;2*1-2H3;2H,1H3/q+1;;;/b25-17+,30-16+,38-24-;;;. The predicted octanol–water partition coefficient (Wildman–Crippen LogP) is 12.6. The SMILES string of the molecule is CC.CC.CO.Cc1ccc2c(c1)C(C)(C)/C(=C/C=C1\CCCC(/C=C/C3[O+](C)c4ccc(C)cc4C3(C)C)=C1Sc1ccc(N(C)C)cc1)N2C. The lowest BCUT2D eigenvalue weighted by Gasteiger charge is -2.28. The summed E-state index contributed by atoms with van der Waals surface area (Å²) in [6.45, 7) is 21.9. The number of anilines is 2. The van der Waals surface area contributed by atoms with Crippen molar-refractivity contribution in [3.8, 4) is 5.75 Å². The molecule has 52 heavy (non-hydrogen) atoms. The molecule has 0 fully saturated rings. The second-order valence-electron chi connectivity index (χ2n) is 14.7. The van der Waals surface area contributed by atoms with Gasteiger partial charge in [-0.2, -0.15) is 0 Å². The molecule has 3 aromatic carbocycles. The first kappa shape index (κ1) is 42.7. The lowest BCUT2D eigenvalue weighted by molar-refractivity contribution is -0.0541. The summed E-state index contributed by atoms with van der Waals surface area (Å²) in [5, 5.41) is 7.00. The third kappa shape index (κ3) is 8.75. The Kier molecular flexibility index (Phi) is 15.1. The Labute approximate surface area is 321 Å². The molecule has 0 saturated heterocycles. The predicted molar refractivity (Wildman–Crippen MR) is 231 cm³/mol. The molecule has 0 amide bonds. The van der Waals surface area contributed by atoms with E-state index in [2.05, 4.69) is 169 Å². The van der Waals surface area contributed by atoms with Gasteiger partial charge in [-0.05, 0) is 106 Å². The Hall–Kier alpha value is -3.67. The fourth-order valence-electron chi connectivity index (χ4n) is 7.63. The van der Waals surface area contributed by atoms with E-state index < -0.39 is 0 Å². The molecule has 4 nitrogen and oxygen atoms in total. The largest absolute Gasteiger partial charge is 0.568 e. The number of aryl methyl sites for hydroxylation is 2. The van der Waals surface area contributed by atoms with Gasteiger partial charge in [0.05, 0.1) is 11.0 Å². The average Bonchev–Trinajstić information content (AvgIpc) is 3.45. The number of hydrogen-bond donors (Lipinski definition) is 1. The number of thioether (sulfide) groups is 1. The topological polar surface area (TPSA) is 29.4 Å². The van der Waals surface area contributed by atoms with Crippen LogP contribution in [0.5, 0.6) is 5.75 Å². The van der Waals surface area contributed by atoms with Crippen LogP contribution in [0.1, 0.15) is 96.9 Å². The molecule has 3 aromatic rings. The minimum absolute atomic E-state index is 0.00307. The van der Waals surface area contributed by atoms with Gasteiger partial charge in [-0.15, -0.1) is 0 Å². The third-order valence-electron chi connectivity index (χ3n) is 10.4. The number of aliphatic hydroxyl groups is 1. The Morgan fingerprint density at radius 3 is 2.04 bits per heavy atom. The van der Waals surface area contributed by atoms with Crippen molar-refractivity contribution in [1.29, 1.82) is 0 Å². The fourth-order valence-corrected chi connectivity index (χ4v) is 8.74. The summed E-state index contributed by atoms with van der Waals surface area (Å²) in [6, 6.07) is 22.7. The minimum Gasteiger partial charge on any atom is -0.568 e. The van der Waals surface area contributed by atoms with Gasteiger partial charge in [0.15, 0.2) is 7.11 Å². The molecule has 0 spiro atoms. The molecule has 1 atom stereocenters. The maximum absolute atomic E-state index is 7.00. The molecular formula is C47H67N2O2S+. The number of allylic oxidation sites excluding steroid dienone is 6. The normalized spacial score (nSPS) is 19.7. The summed E-state index contributed by atoms with van der Waals surface area (Å²) in [7, 11) is 9.59. The van der Waals surface area contributed by atoms with E-state index in [1.54, 1.807) is 0 Å². The highest BCUT2D eigenvalue weighted by atomic mass is 32.2. The van der Waals surface area contributed by atoms with Gasteiger partial charge in [-0.1, -0.05) is 94.8 Å². The number of nitrogens with zero attached hydrogens (tertiary/aromatic N) is 2. The van der Waals surface area contributed by atoms with Crippen LogP contribution in [0.3, 0.4) is 0 Å². The van der Waals surface area contributed by atoms with Crippen LogP contribution in [0.15, 0.2) is 112 Å². The van der Waals surface area contributed by atoms with Gasteiger partial charge >= 0.3 is 0 Å². The Morgan fingerprint density at radius 1 is 0.827 bits per heavy atom. The van der Waals surface area contributed by atoms with Crippen LogP contribution in [0.4, 0.5) is 11.4 Å². The summed E-state index contributed by atoms with van der Waals surface area (Å²) in [4.78, 5) is 7.24. The van der Waals surface area contributed by atoms with Crippen LogP contribution in [0.2, 0.25) is 0 Å². The van der Waals surface area contributed by atoms with Crippen molar-refractivity contribution in [3.05, 3.63) is 129 Å². The van der Waals surface area contributed by atoms with Gasteiger partial charge < -0.3 is 19.3 Å². The summed E-state index contributed by atoms with van der Waals surface area (Å²) in [6.07, 6.45) is 13.3. The first-order chi connectivity index (χ1) is 24.8. The minimum atomic E-state index is -0.0488. The van der Waals surface area contributed by atoms with Gasteiger partial charge in [0.2, 0.25) is 6.10 Å². The number of aliphatic hydroxyl groups excluding tert-OH is 1. The number of benzene rings is 3. The first-order valence-corrected chi connectivity index (χ1v) is 19.9. The number of fused-ring (bicyclic) bond motifs is 2. The zero-order chi connectivity index (χ0) is 39.0. The molecule has 5 heteroatoms. The highest BCUT2D eigenvalue weighted by Gasteiger charge is 2.48. The number of hydrogen-bond acceptors (Lipinski definition) is 4. The van der Waals surface area contributed by atoms with Crippen LogP contribution >= 0.6 is 11.8 Å². The zero-order valence-electron chi connectivity index (χ0n) is 34.9. The molecule has 2 aliphatic heterocycles. The van der Waals surface area contributed by atoms with E-state index in [-0.39, 0.29) is 16.9 Å². The molecule has 1 unspecified atom stereocenters. The fraction of sp³-hybridized carbons (Fsp3) is 0.447. The molecule has 2 heterocycles. The quantitative estimate of drug-likeness (QED) is 0.256. The van der Waals surface area contributed by atoms with E-state index in [1.165, 1.54) is 66.0 Å². The highest BCUT2D eigenvalue weighted by Crippen LogP contribution is 2.52. The molecule has 1 aliphatic carbocycles. The van der Waals surface area contributed by atoms with Crippen molar-refractivity contribution in [2.45, 2.75) is 110 Å². The van der Waals surface area contributed by atoms with Crippen LogP contribution in [-0.2, 0) is 15.2 Å². The number of likely N-dealkylation sites (N-methyl/N-ethyl adjacent to an activating group) is 1. The van der Waals surface area contributed by atoms with E-state index in [4.69, 9.17) is 5.11 Å². The smallest absolute Gasteiger partial charge is 0.259 e. The van der Waals surface area contributed by atoms with Crippen molar-refractivity contribution in [2.24, 2.45) is 0 Å². The van der Waals surface area contributed by atoms with Crippen molar-refractivity contribution in [3.63, 3.8) is 0 Å². The summed E-state index contributed by atoms with van der Waals surface area (Å²) >= 11 is 1.92. The van der Waals surface area contributed by atoms with Gasteiger partial charge in [0, 0.05) is 72.7 Å². The van der Waals surface area contributed by atoms with Crippen LogP contribution in [0.25, 0.3) is 0 Å². The molecule has 0 radical (unpaired) electrons. The molecule has 0 bridgehead atoms. The monoisotopic (exact) mass is 723 g/mol. The maximum Gasteiger partial charge on any atom is 0.259 e. The lowest BCUT2D eigenvalue weighted by atomic mass is 9.80. The van der Waals surface area contributed by atoms with E-state index in [0.717, 1.165) is 26.4 Å². The molecular weight excluding hydrogens is 657 g/mol. The molecule has 3 aliphatic rings. The van der Waals surface area contributed by atoms with E-state index in [1.807, 2.05) is 39.5 Å². The molecule has 6 rings (SSSR count). The van der Waals surface area contributed by atoms with E-state index in [9.17, 15) is 0 Å². The van der Waals surface area contributed by atoms with Gasteiger partial charge in [0.25, 0.3) is 5.75 Å². The lowest BCUT2D eigenvalue weighted by Crippen LogP contribution is -2.31. The zero-order valence-corrected chi connectivity index (χ0v) is 35.8. The van der Waals surface area contributed by atoms with Gasteiger partial charge in [-0.3, -0.25) is 0 Å². The number of rotatable bonds is 6. The highest BCUT2D eigenvalue weighted by molar-refractivity contribution is 8.03. The molecule has 0 saturated carbocycles. The van der Waals surface area contributed by atoms with Crippen molar-refractivity contribution < 1.29 is 9.47 Å². The van der Waals surface area contributed by atoms with Crippen LogP contribution in [0, 0.1) is 13.8 Å². The van der Waals surface area contributed by atoms with Crippen molar-refractivity contribution in [1.82, 2.24) is 0 Å². The van der Waals surface area contributed by atoms with E-state index in [0.29, 0.717) is 0 Å². The van der Waals surface area contributed by atoms with E-state index >= 15 is 0 Å². The summed E-state index contributed by atoms with van der Waals surface area (Å²) in [5.74, 6) is 1.27. The summed E-state index contributed by atoms with van der Waals surface area (Å²) in [5.41, 5.74) is 12.2. The molecule has 1 N–H and O–H groups in total. The van der Waals surface area contributed by atoms with Crippen LogP contribution in [-0.4, -0.2) is 46.6 Å². The molecule has 0 aromatic heterocycles. The van der Waals surface area contributed by atoms with Crippen molar-refractivity contribution in [2.75, 3.05) is 45.2 Å². The first-order valence-electron chi connectivity index (χ1n) is 19.1. The Balaban J connectivity index is 0.00000116. The second-order valence-corrected chi connectivity index (χ2v) is 15.8. The van der Waals surface area contributed by atoms with Crippen molar-refractivity contribution >= 4 is 23.1 Å². The Bertz CT molecular complexity index is 1780. The van der Waals surface area contributed by atoms with Gasteiger partial charge in [0.1, 0.15) is 0 Å². The van der Waals surface area contributed by atoms with Crippen LogP contribution < -0.4 is 9.80 Å². The van der Waals surface area contributed by atoms with Gasteiger partial charge in [-0.25, -0.2) is 0 Å². The Morgan fingerprint density at radius 2 is 1.42 bits per heavy atom. The summed E-state index contributed by atoms with van der Waals surface area (Å²) < 4.78 is 3.46. The molecule has 282 valence electrons. The third-order valence-corrected chi connectivity index (χ3v) is 11.7.